The SMILES string of the molecule is Cc1cccc(C)c1OCCCNC(=O)Nc1ccccc1C(F)(F)F. The van der Waals surface area contributed by atoms with Crippen molar-refractivity contribution in [2.45, 2.75) is 26.4 Å². The van der Waals surface area contributed by atoms with E-state index in [4.69, 9.17) is 4.74 Å². The first kappa shape index (κ1) is 19.6. The molecule has 0 heterocycles. The van der Waals surface area contributed by atoms with E-state index in [2.05, 4.69) is 10.6 Å². The molecule has 0 aliphatic rings. The highest BCUT2D eigenvalue weighted by molar-refractivity contribution is 5.90. The molecule has 2 aromatic carbocycles. The van der Waals surface area contributed by atoms with Crippen molar-refractivity contribution in [3.05, 3.63) is 59.2 Å². The number of carbonyl (C=O) groups is 1. The van der Waals surface area contributed by atoms with E-state index in [1.165, 1.54) is 18.2 Å². The van der Waals surface area contributed by atoms with Gasteiger partial charge in [-0.2, -0.15) is 13.2 Å². The van der Waals surface area contributed by atoms with E-state index in [9.17, 15) is 18.0 Å². The number of nitrogens with one attached hydrogen (secondary N) is 2. The summed E-state index contributed by atoms with van der Waals surface area (Å²) in [5, 5.41) is 4.76. The Labute approximate surface area is 150 Å². The van der Waals surface area contributed by atoms with Crippen LogP contribution in [-0.2, 0) is 6.18 Å². The van der Waals surface area contributed by atoms with E-state index in [0.717, 1.165) is 22.9 Å². The molecule has 2 aromatic rings. The van der Waals surface area contributed by atoms with Gasteiger partial charge >= 0.3 is 12.2 Å². The molecule has 26 heavy (non-hydrogen) atoms. The van der Waals surface area contributed by atoms with E-state index in [0.29, 0.717) is 13.0 Å². The number of urea groups is 1. The molecule has 0 aromatic heterocycles. The molecule has 2 rings (SSSR count). The Morgan fingerprint density at radius 1 is 1.04 bits per heavy atom. The summed E-state index contributed by atoms with van der Waals surface area (Å²) in [6, 6.07) is 10.0. The lowest BCUT2D eigenvalue weighted by Crippen LogP contribution is -2.31. The molecule has 7 heteroatoms. The molecule has 0 spiro atoms. The predicted octanol–water partition coefficient (Wildman–Crippen LogP) is 4.91. The number of halogens is 3. The van der Waals surface area contributed by atoms with Crippen LogP contribution >= 0.6 is 0 Å². The maximum atomic E-state index is 12.9. The quantitative estimate of drug-likeness (QED) is 0.714. The van der Waals surface area contributed by atoms with Gasteiger partial charge in [-0.15, -0.1) is 0 Å². The summed E-state index contributed by atoms with van der Waals surface area (Å²) in [5.74, 6) is 0.816. The van der Waals surface area contributed by atoms with Gasteiger partial charge in [0.25, 0.3) is 0 Å². The van der Waals surface area contributed by atoms with Gasteiger partial charge in [-0.1, -0.05) is 30.3 Å². The number of rotatable bonds is 6. The third kappa shape index (κ3) is 5.40. The highest BCUT2D eigenvalue weighted by Gasteiger charge is 2.33. The van der Waals surface area contributed by atoms with Gasteiger partial charge in [0.2, 0.25) is 0 Å². The molecule has 0 aliphatic heterocycles. The van der Waals surface area contributed by atoms with Crippen molar-refractivity contribution in [1.82, 2.24) is 5.32 Å². The molecule has 0 unspecified atom stereocenters. The maximum absolute atomic E-state index is 12.9. The van der Waals surface area contributed by atoms with Gasteiger partial charge in [0.1, 0.15) is 5.75 Å². The number of aryl methyl sites for hydroxylation is 2. The Balaban J connectivity index is 1.78. The average molecular weight is 366 g/mol. The van der Waals surface area contributed by atoms with Gasteiger partial charge in [0.15, 0.2) is 0 Å². The highest BCUT2D eigenvalue weighted by atomic mass is 19.4. The summed E-state index contributed by atoms with van der Waals surface area (Å²) in [4.78, 5) is 11.8. The number of alkyl halides is 3. The Morgan fingerprint density at radius 3 is 2.35 bits per heavy atom. The monoisotopic (exact) mass is 366 g/mol. The Kier molecular flexibility index (Phi) is 6.49. The first-order chi connectivity index (χ1) is 12.3. The molecule has 0 bridgehead atoms. The molecule has 4 nitrogen and oxygen atoms in total. The van der Waals surface area contributed by atoms with Crippen molar-refractivity contribution in [3.63, 3.8) is 0 Å². The van der Waals surface area contributed by atoms with E-state index in [-0.39, 0.29) is 12.2 Å². The topological polar surface area (TPSA) is 50.4 Å². The van der Waals surface area contributed by atoms with Crippen LogP contribution in [0.3, 0.4) is 0 Å². The number of carbonyl (C=O) groups excluding carboxylic acids is 1. The number of amides is 2. The molecule has 0 saturated heterocycles. The van der Waals surface area contributed by atoms with Crippen LogP contribution in [-0.4, -0.2) is 19.2 Å². The van der Waals surface area contributed by atoms with Crippen molar-refractivity contribution in [2.24, 2.45) is 0 Å². The molecule has 0 radical (unpaired) electrons. The van der Waals surface area contributed by atoms with Crippen LogP contribution in [0.25, 0.3) is 0 Å². The Morgan fingerprint density at radius 2 is 1.69 bits per heavy atom. The van der Waals surface area contributed by atoms with E-state index >= 15 is 0 Å². The minimum Gasteiger partial charge on any atom is -0.493 e. The zero-order valence-corrected chi connectivity index (χ0v) is 14.6. The fourth-order valence-electron chi connectivity index (χ4n) is 2.48. The second-order valence-electron chi connectivity index (χ2n) is 5.85. The van der Waals surface area contributed by atoms with Crippen LogP contribution < -0.4 is 15.4 Å². The minimum absolute atomic E-state index is 0.274. The van der Waals surface area contributed by atoms with Crippen LogP contribution in [0.4, 0.5) is 23.7 Å². The Bertz CT molecular complexity index is 740. The molecule has 140 valence electrons. The fraction of sp³-hybridized carbons (Fsp3) is 0.316. The average Bonchev–Trinajstić information content (AvgIpc) is 2.56. The van der Waals surface area contributed by atoms with Gasteiger partial charge in [-0.25, -0.2) is 4.79 Å². The van der Waals surface area contributed by atoms with Crippen LogP contribution in [0.2, 0.25) is 0 Å². The summed E-state index contributed by atoms with van der Waals surface area (Å²) in [6.07, 6.45) is -3.99. The second kappa shape index (κ2) is 8.60. The molecule has 2 N–H and O–H groups in total. The Hall–Kier alpha value is -2.70. The maximum Gasteiger partial charge on any atom is 0.418 e. The lowest BCUT2D eigenvalue weighted by Gasteiger charge is -2.14. The number of benzene rings is 2. The lowest BCUT2D eigenvalue weighted by molar-refractivity contribution is -0.136. The number of para-hydroxylation sites is 2. The van der Waals surface area contributed by atoms with Crippen molar-refractivity contribution < 1.29 is 22.7 Å². The van der Waals surface area contributed by atoms with Crippen molar-refractivity contribution in [1.29, 1.82) is 0 Å². The number of hydrogen-bond acceptors (Lipinski definition) is 2. The van der Waals surface area contributed by atoms with Crippen LogP contribution in [0.15, 0.2) is 42.5 Å². The third-order valence-corrected chi connectivity index (χ3v) is 3.74. The predicted molar refractivity (Wildman–Crippen MR) is 94.5 cm³/mol. The fourth-order valence-corrected chi connectivity index (χ4v) is 2.48. The highest BCUT2D eigenvalue weighted by Crippen LogP contribution is 2.34. The van der Waals surface area contributed by atoms with Crippen LogP contribution in [0, 0.1) is 13.8 Å². The standard InChI is InChI=1S/C19H21F3N2O2/c1-13-7-5-8-14(2)17(13)26-12-6-11-23-18(25)24-16-10-4-3-9-15(16)19(20,21)22/h3-5,7-10H,6,11-12H2,1-2H3,(H2,23,24,25). The van der Waals surface area contributed by atoms with Crippen molar-refractivity contribution in [3.8, 4) is 5.75 Å². The third-order valence-electron chi connectivity index (χ3n) is 3.74. The summed E-state index contributed by atoms with van der Waals surface area (Å²) in [5.41, 5.74) is 0.900. The zero-order valence-electron chi connectivity index (χ0n) is 14.6. The molecule has 0 atom stereocenters. The minimum atomic E-state index is -4.52. The van der Waals surface area contributed by atoms with E-state index in [1.807, 2.05) is 32.0 Å². The van der Waals surface area contributed by atoms with Gasteiger partial charge in [0.05, 0.1) is 17.9 Å². The molecular formula is C19H21F3N2O2. The van der Waals surface area contributed by atoms with E-state index < -0.39 is 17.8 Å². The lowest BCUT2D eigenvalue weighted by atomic mass is 10.1. The van der Waals surface area contributed by atoms with Gasteiger partial charge < -0.3 is 15.4 Å². The molecule has 2 amide bonds. The molecule has 0 saturated carbocycles. The normalized spacial score (nSPS) is 11.1. The van der Waals surface area contributed by atoms with Crippen molar-refractivity contribution >= 4 is 11.7 Å². The number of ether oxygens (including phenoxy) is 1. The van der Waals surface area contributed by atoms with E-state index in [1.54, 1.807) is 0 Å². The molecule has 0 fully saturated rings. The van der Waals surface area contributed by atoms with Crippen LogP contribution in [0.1, 0.15) is 23.1 Å². The largest absolute Gasteiger partial charge is 0.493 e. The van der Waals surface area contributed by atoms with Crippen molar-refractivity contribution in [2.75, 3.05) is 18.5 Å². The van der Waals surface area contributed by atoms with Gasteiger partial charge in [-0.3, -0.25) is 0 Å². The molecule has 0 aliphatic carbocycles. The summed E-state index contributed by atoms with van der Waals surface area (Å²) in [7, 11) is 0. The second-order valence-corrected chi connectivity index (χ2v) is 5.85. The van der Waals surface area contributed by atoms with Gasteiger partial charge in [-0.05, 0) is 43.5 Å². The van der Waals surface area contributed by atoms with Gasteiger partial charge in [0, 0.05) is 6.54 Å². The summed E-state index contributed by atoms with van der Waals surface area (Å²) >= 11 is 0. The van der Waals surface area contributed by atoms with Crippen LogP contribution in [0.5, 0.6) is 5.75 Å². The number of hydrogen-bond donors (Lipinski definition) is 2. The first-order valence-corrected chi connectivity index (χ1v) is 8.19. The first-order valence-electron chi connectivity index (χ1n) is 8.19. The smallest absolute Gasteiger partial charge is 0.418 e. The molecular weight excluding hydrogens is 345 g/mol. The zero-order chi connectivity index (χ0) is 19.2. The summed E-state index contributed by atoms with van der Waals surface area (Å²) in [6.45, 7) is 4.58. The number of anilines is 1. The summed E-state index contributed by atoms with van der Waals surface area (Å²) < 4.78 is 44.4.